The Morgan fingerprint density at radius 1 is 0.419 bits per heavy atom. The molecule has 0 aliphatic rings. The highest BCUT2D eigenvalue weighted by atomic mass is 32.2. The van der Waals surface area contributed by atoms with Gasteiger partial charge in [-0.15, -0.1) is 5.46 Å². The number of halogens is 5. The fraction of sp³-hybridized carbons (Fsp3) is 0. The summed E-state index contributed by atoms with van der Waals surface area (Å²) in [6.07, 6.45) is 0. The van der Waals surface area contributed by atoms with Crippen molar-refractivity contribution in [1.82, 2.24) is 0 Å². The summed E-state index contributed by atoms with van der Waals surface area (Å²) >= 11 is 0. The van der Waals surface area contributed by atoms with Crippen LogP contribution in [0.4, 0.5) is 22.0 Å². The summed E-state index contributed by atoms with van der Waals surface area (Å²) in [5.41, 5.74) is -0.619. The predicted molar refractivity (Wildman–Crippen MR) is 117 cm³/mol. The van der Waals surface area contributed by atoms with Gasteiger partial charge in [0.2, 0.25) is 0 Å². The first-order chi connectivity index (χ1) is 14.9. The molecule has 0 saturated carbocycles. The lowest BCUT2D eigenvalue weighted by Crippen LogP contribution is -2.20. The van der Waals surface area contributed by atoms with Crippen LogP contribution in [-0.2, 0) is 10.9 Å². The quantitative estimate of drug-likeness (QED) is 0.135. The molecule has 0 bridgehead atoms. The van der Waals surface area contributed by atoms with Gasteiger partial charge in [0.25, 0.3) is 0 Å². The molecule has 0 amide bonds. The van der Waals surface area contributed by atoms with Crippen molar-refractivity contribution in [3.8, 4) is 0 Å². The summed E-state index contributed by atoms with van der Waals surface area (Å²) in [4.78, 5) is 4.08. The van der Waals surface area contributed by atoms with E-state index >= 15 is 0 Å². The molecule has 158 valence electrons. The van der Waals surface area contributed by atoms with E-state index in [2.05, 4.69) is 91.0 Å². The standard InChI is InChI=1S/C18H15S.C6H3BF5/c1-4-10-16(11-5-1)19(17-12-6-2-7-13-17)18-14-8-3-9-15-18;7-1-2(8)4(10)6(12)5(11)3(1)9/h1-15H;7H3/q+1;-1. The predicted octanol–water partition coefficient (Wildman–Crippen LogP) is 5.15. The summed E-state index contributed by atoms with van der Waals surface area (Å²) in [5.74, 6) is -9.13. The van der Waals surface area contributed by atoms with E-state index in [0.29, 0.717) is 0 Å². The fourth-order valence-electron chi connectivity index (χ4n) is 2.57. The van der Waals surface area contributed by atoms with Gasteiger partial charge in [-0.05, 0) is 44.2 Å². The third-order valence-corrected chi connectivity index (χ3v) is 6.16. The van der Waals surface area contributed by atoms with E-state index in [4.69, 9.17) is 0 Å². The number of benzene rings is 4. The molecule has 0 aromatic heterocycles. The van der Waals surface area contributed by atoms with E-state index in [9.17, 15) is 22.0 Å². The first-order valence-electron chi connectivity index (χ1n) is 8.79. The van der Waals surface area contributed by atoms with Crippen LogP contribution >= 0.6 is 0 Å². The molecule has 0 aliphatic heterocycles. The molecule has 7 heteroatoms. The summed E-state index contributed by atoms with van der Waals surface area (Å²) in [6, 6.07) is 32.2. The SMILES string of the molecule is [BH3-]c1c(F)c(F)c(F)c(F)c1F.c1ccc([S+](c2ccccc2)c2ccccc2)cc1. The smallest absolute Gasteiger partial charge is 0.200 e. The van der Waals surface area contributed by atoms with Gasteiger partial charge in [-0.1, -0.05) is 54.6 Å². The van der Waals surface area contributed by atoms with Gasteiger partial charge in [-0.3, -0.25) is 0 Å². The second-order valence-electron chi connectivity index (χ2n) is 5.94. The van der Waals surface area contributed by atoms with E-state index in [1.54, 1.807) is 0 Å². The van der Waals surface area contributed by atoms with Gasteiger partial charge in [0.15, 0.2) is 32.1 Å². The molecule has 0 N–H and O–H groups in total. The second kappa shape index (κ2) is 10.3. The van der Waals surface area contributed by atoms with E-state index in [-0.39, 0.29) is 10.9 Å². The van der Waals surface area contributed by atoms with Crippen molar-refractivity contribution in [1.29, 1.82) is 0 Å². The van der Waals surface area contributed by atoms with E-state index in [1.807, 2.05) is 0 Å². The van der Waals surface area contributed by atoms with Crippen LogP contribution in [0.3, 0.4) is 0 Å². The second-order valence-corrected chi connectivity index (χ2v) is 7.97. The molecule has 0 atom stereocenters. The van der Waals surface area contributed by atoms with Crippen molar-refractivity contribution in [3.05, 3.63) is 120 Å². The summed E-state index contributed by atoms with van der Waals surface area (Å²) < 4.78 is 61.8. The topological polar surface area (TPSA) is 0 Å². The zero-order valence-electron chi connectivity index (χ0n) is 15.5. The van der Waals surface area contributed by atoms with Crippen molar-refractivity contribution in [3.63, 3.8) is 0 Å². The molecular formula is C24H18BF5S. The van der Waals surface area contributed by atoms with Crippen LogP contribution in [0.2, 0.25) is 0 Å². The van der Waals surface area contributed by atoms with Crippen LogP contribution in [0, 0.1) is 29.1 Å². The maximum absolute atomic E-state index is 12.5. The van der Waals surface area contributed by atoms with Crippen molar-refractivity contribution in [2.75, 3.05) is 0 Å². The maximum atomic E-state index is 12.5. The van der Waals surface area contributed by atoms with Crippen molar-refractivity contribution in [2.24, 2.45) is 0 Å². The van der Waals surface area contributed by atoms with Crippen LogP contribution in [0.15, 0.2) is 106 Å². The largest absolute Gasteiger partial charge is 0.207 e. The van der Waals surface area contributed by atoms with Crippen LogP contribution in [-0.4, -0.2) is 7.85 Å². The van der Waals surface area contributed by atoms with Gasteiger partial charge < -0.3 is 0 Å². The molecule has 31 heavy (non-hydrogen) atoms. The Hall–Kier alpha value is -3.06. The number of hydrogen-bond acceptors (Lipinski definition) is 0. The molecule has 4 rings (SSSR count). The zero-order chi connectivity index (χ0) is 22.4. The van der Waals surface area contributed by atoms with Crippen molar-refractivity contribution in [2.45, 2.75) is 14.7 Å². The van der Waals surface area contributed by atoms with Crippen LogP contribution in [0.5, 0.6) is 0 Å². The minimum absolute atomic E-state index is 0.0146. The Morgan fingerprint density at radius 3 is 0.968 bits per heavy atom. The van der Waals surface area contributed by atoms with E-state index < -0.39 is 42.4 Å². The highest BCUT2D eigenvalue weighted by molar-refractivity contribution is 7.97. The first kappa shape index (κ1) is 22.6. The molecule has 0 radical (unpaired) electrons. The molecule has 4 aromatic carbocycles. The third-order valence-electron chi connectivity index (χ3n) is 3.93. The highest BCUT2D eigenvalue weighted by Gasteiger charge is 2.27. The minimum Gasteiger partial charge on any atom is -0.207 e. The van der Waals surface area contributed by atoms with Gasteiger partial charge in [0, 0.05) is 0 Å². The van der Waals surface area contributed by atoms with Crippen molar-refractivity contribution >= 4 is 24.2 Å². The Bertz CT molecular complexity index is 940. The zero-order valence-corrected chi connectivity index (χ0v) is 16.3. The molecule has 0 spiro atoms. The Labute approximate surface area is 181 Å². The molecule has 0 fully saturated rings. The fourth-order valence-corrected chi connectivity index (χ4v) is 4.68. The van der Waals surface area contributed by atoms with E-state index in [0.717, 1.165) is 0 Å². The first-order valence-corrected chi connectivity index (χ1v) is 10.0. The molecule has 0 aliphatic carbocycles. The van der Waals surface area contributed by atoms with Gasteiger partial charge in [0.05, 0.1) is 10.9 Å². The lowest BCUT2D eigenvalue weighted by atomic mass is 9.94. The molecule has 0 nitrogen and oxygen atoms in total. The Kier molecular flexibility index (Phi) is 7.52. The van der Waals surface area contributed by atoms with Crippen LogP contribution < -0.4 is 5.46 Å². The monoisotopic (exact) mass is 444 g/mol. The molecule has 0 heterocycles. The van der Waals surface area contributed by atoms with Gasteiger partial charge in [-0.2, -0.15) is 0 Å². The highest BCUT2D eigenvalue weighted by Crippen LogP contribution is 2.30. The minimum atomic E-state index is -2.09. The van der Waals surface area contributed by atoms with E-state index in [1.165, 1.54) is 14.7 Å². The van der Waals surface area contributed by atoms with Crippen molar-refractivity contribution < 1.29 is 22.0 Å². The Balaban J connectivity index is 0.000000196. The third kappa shape index (κ3) is 5.17. The molecule has 0 saturated heterocycles. The van der Waals surface area contributed by atoms with Crippen LogP contribution in [0.25, 0.3) is 0 Å². The summed E-state index contributed by atoms with van der Waals surface area (Å²) in [7, 11) is -1.07. The average molecular weight is 444 g/mol. The molecule has 4 aromatic rings. The Morgan fingerprint density at radius 2 is 0.677 bits per heavy atom. The molecule has 0 unspecified atom stereocenters. The van der Waals surface area contributed by atoms with Gasteiger partial charge >= 0.3 is 0 Å². The summed E-state index contributed by atoms with van der Waals surface area (Å²) in [6.45, 7) is 0. The average Bonchev–Trinajstić information content (AvgIpc) is 2.83. The van der Waals surface area contributed by atoms with Gasteiger partial charge in [0.1, 0.15) is 11.6 Å². The normalized spacial score (nSPS) is 10.5. The number of hydrogen-bond donors (Lipinski definition) is 0. The summed E-state index contributed by atoms with van der Waals surface area (Å²) in [5, 5.41) is 0. The maximum Gasteiger partial charge on any atom is 0.200 e. The molecular weight excluding hydrogens is 426 g/mol. The van der Waals surface area contributed by atoms with Crippen LogP contribution in [0.1, 0.15) is 0 Å². The lowest BCUT2D eigenvalue weighted by molar-refractivity contribution is 0.384. The lowest BCUT2D eigenvalue weighted by Gasteiger charge is -2.07. The number of rotatable bonds is 3. The van der Waals surface area contributed by atoms with Gasteiger partial charge in [-0.25, -0.2) is 22.0 Å².